The number of carbonyl (C=O) groups is 1. The Bertz CT molecular complexity index is 538. The van der Waals surface area contributed by atoms with E-state index in [0.717, 1.165) is 22.1 Å². The molecule has 0 amide bonds. The van der Waals surface area contributed by atoms with Crippen LogP contribution in [0.5, 0.6) is 5.75 Å². The van der Waals surface area contributed by atoms with Crippen molar-refractivity contribution in [3.8, 4) is 5.75 Å². The van der Waals surface area contributed by atoms with Crippen LogP contribution in [-0.4, -0.2) is 13.1 Å². The first-order valence-electron chi connectivity index (χ1n) is 4.95. The quantitative estimate of drug-likeness (QED) is 0.645. The van der Waals surface area contributed by atoms with Crippen molar-refractivity contribution >= 4 is 16.7 Å². The summed E-state index contributed by atoms with van der Waals surface area (Å²) in [4.78, 5) is 10.5. The van der Waals surface area contributed by atoms with Crippen LogP contribution in [-0.2, 0) is 11.2 Å². The average molecular weight is 254 g/mol. The zero-order valence-electron chi connectivity index (χ0n) is 9.90. The Morgan fingerprint density at radius 2 is 1.78 bits per heavy atom. The number of methoxy groups -OCH3 is 1. The van der Waals surface area contributed by atoms with E-state index in [1.807, 2.05) is 30.3 Å². The predicted molar refractivity (Wildman–Crippen MR) is 65.9 cm³/mol. The second-order valence-electron chi connectivity index (χ2n) is 3.60. The summed E-state index contributed by atoms with van der Waals surface area (Å²) in [5.74, 6) is -0.270. The van der Waals surface area contributed by atoms with Crippen LogP contribution in [0, 0.1) is 0 Å². The van der Waals surface area contributed by atoms with Crippen LogP contribution >= 0.6 is 0 Å². The van der Waals surface area contributed by atoms with Gasteiger partial charge in [0.15, 0.2) is 0 Å². The molecule has 0 saturated heterocycles. The molecular weight excluding hydrogens is 239 g/mol. The summed E-state index contributed by atoms with van der Waals surface area (Å²) in [6, 6.07) is 11.2. The molecule has 0 heterocycles. The van der Waals surface area contributed by atoms with Crippen LogP contribution in [0.1, 0.15) is 13.0 Å². The number of rotatable bonds is 3. The van der Waals surface area contributed by atoms with Crippen molar-refractivity contribution in [3.05, 3.63) is 42.0 Å². The molecule has 18 heavy (non-hydrogen) atoms. The van der Waals surface area contributed by atoms with Crippen molar-refractivity contribution < 1.29 is 44.2 Å². The Hall–Kier alpha value is -1.03. The number of carboxylic acid groups (broad SMARTS) is 1. The number of carbonyl (C=O) groups excluding carboxylic acids is 1. The van der Waals surface area contributed by atoms with Crippen molar-refractivity contribution in [1.82, 2.24) is 0 Å². The molecule has 0 aliphatic heterocycles. The second kappa shape index (κ2) is 7.41. The Morgan fingerprint density at radius 3 is 2.39 bits per heavy atom. The van der Waals surface area contributed by atoms with E-state index < -0.39 is 5.97 Å². The number of hydrogen-bond donors (Lipinski definition) is 0. The maximum Gasteiger partial charge on any atom is 1.00 e. The van der Waals surface area contributed by atoms with E-state index in [1.165, 1.54) is 0 Å². The van der Waals surface area contributed by atoms with Gasteiger partial charge in [0.1, 0.15) is 5.75 Å². The molecule has 0 atom stereocenters. The zero-order chi connectivity index (χ0) is 11.5. The third-order valence-electron chi connectivity index (χ3n) is 2.46. The van der Waals surface area contributed by atoms with E-state index in [2.05, 4.69) is 0 Å². The van der Waals surface area contributed by atoms with Gasteiger partial charge in [-0.05, 0) is 28.5 Å². The van der Waals surface area contributed by atoms with Crippen molar-refractivity contribution in [2.45, 2.75) is 13.8 Å². The standard InChI is InChI=1S/C13H12O3.CH4.Na/c1-16-12-5-4-10-6-9(7-13(14)15)2-3-11(10)8-12;;/h2-6,8H,7H2,1H3,(H,14,15);1H4;/q;;+1/p-1. The Kier molecular flexibility index (Phi) is 6.99. The van der Waals surface area contributed by atoms with E-state index in [0.29, 0.717) is 0 Å². The fraction of sp³-hybridized carbons (Fsp3) is 0.214. The monoisotopic (exact) mass is 254 g/mol. The summed E-state index contributed by atoms with van der Waals surface area (Å²) in [5, 5.41) is 12.5. The summed E-state index contributed by atoms with van der Waals surface area (Å²) < 4.78 is 5.11. The summed E-state index contributed by atoms with van der Waals surface area (Å²) in [6.07, 6.45) is -0.0536. The van der Waals surface area contributed by atoms with Gasteiger partial charge in [0.05, 0.1) is 7.11 Å². The van der Waals surface area contributed by atoms with Gasteiger partial charge >= 0.3 is 29.6 Å². The predicted octanol–water partition coefficient (Wildman–Crippen LogP) is -1.22. The van der Waals surface area contributed by atoms with Crippen molar-refractivity contribution in [2.75, 3.05) is 7.11 Å². The van der Waals surface area contributed by atoms with Crippen molar-refractivity contribution in [3.63, 3.8) is 0 Å². The molecule has 2 rings (SSSR count). The molecule has 0 fully saturated rings. The molecule has 2 aromatic rings. The van der Waals surface area contributed by atoms with Gasteiger partial charge in [-0.2, -0.15) is 0 Å². The van der Waals surface area contributed by atoms with E-state index in [1.54, 1.807) is 13.2 Å². The normalized spacial score (nSPS) is 9.17. The largest absolute Gasteiger partial charge is 1.00 e. The van der Waals surface area contributed by atoms with E-state index in [9.17, 15) is 9.90 Å². The Balaban J connectivity index is 0.00000144. The minimum absolute atomic E-state index is 0. The second-order valence-corrected chi connectivity index (χ2v) is 3.60. The number of aliphatic carboxylic acids is 1. The number of carboxylic acids is 1. The smallest absolute Gasteiger partial charge is 0.550 e. The molecule has 0 saturated carbocycles. The topological polar surface area (TPSA) is 49.4 Å². The molecule has 2 aromatic carbocycles. The number of fused-ring (bicyclic) bond motifs is 1. The van der Waals surface area contributed by atoms with Gasteiger partial charge in [-0.15, -0.1) is 0 Å². The minimum atomic E-state index is -1.06. The van der Waals surface area contributed by atoms with Crippen LogP contribution < -0.4 is 39.4 Å². The SMILES string of the molecule is C.COc1ccc2cc(CC(=O)[O-])ccc2c1.[Na+]. The maximum absolute atomic E-state index is 10.5. The molecule has 0 aliphatic carbocycles. The number of hydrogen-bond acceptors (Lipinski definition) is 3. The first-order valence-corrected chi connectivity index (χ1v) is 4.95. The van der Waals surface area contributed by atoms with Gasteiger partial charge in [0, 0.05) is 12.4 Å². The maximum atomic E-state index is 10.5. The molecule has 3 nitrogen and oxygen atoms in total. The number of ether oxygens (including phenoxy) is 1. The van der Waals surface area contributed by atoms with Crippen LogP contribution in [0.2, 0.25) is 0 Å². The molecule has 0 unspecified atom stereocenters. The molecule has 90 valence electrons. The van der Waals surface area contributed by atoms with E-state index in [4.69, 9.17) is 4.74 Å². The van der Waals surface area contributed by atoms with Gasteiger partial charge < -0.3 is 14.6 Å². The molecule has 0 aromatic heterocycles. The molecule has 0 radical (unpaired) electrons. The van der Waals surface area contributed by atoms with Gasteiger partial charge in [-0.3, -0.25) is 0 Å². The molecule has 0 aliphatic rings. The summed E-state index contributed by atoms with van der Waals surface area (Å²) in [7, 11) is 1.62. The average Bonchev–Trinajstić information content (AvgIpc) is 2.27. The van der Waals surface area contributed by atoms with Crippen molar-refractivity contribution in [2.24, 2.45) is 0 Å². The Morgan fingerprint density at radius 1 is 1.17 bits per heavy atom. The third kappa shape index (κ3) is 4.02. The summed E-state index contributed by atoms with van der Waals surface area (Å²) in [5.41, 5.74) is 0.748. The minimum Gasteiger partial charge on any atom is -0.550 e. The third-order valence-corrected chi connectivity index (χ3v) is 2.46. The van der Waals surface area contributed by atoms with Gasteiger partial charge in [0.25, 0.3) is 0 Å². The molecule has 0 spiro atoms. The fourth-order valence-corrected chi connectivity index (χ4v) is 1.68. The fourth-order valence-electron chi connectivity index (χ4n) is 1.68. The molecule has 4 heteroatoms. The van der Waals surface area contributed by atoms with Gasteiger partial charge in [-0.1, -0.05) is 31.7 Å². The van der Waals surface area contributed by atoms with Crippen LogP contribution in [0.15, 0.2) is 36.4 Å². The Labute approximate surface area is 129 Å². The summed E-state index contributed by atoms with van der Waals surface area (Å²) in [6.45, 7) is 0. The van der Waals surface area contributed by atoms with Crippen molar-refractivity contribution in [1.29, 1.82) is 0 Å². The van der Waals surface area contributed by atoms with Gasteiger partial charge in [-0.25, -0.2) is 0 Å². The zero-order valence-corrected chi connectivity index (χ0v) is 11.9. The van der Waals surface area contributed by atoms with Gasteiger partial charge in [0.2, 0.25) is 0 Å². The molecule has 0 bridgehead atoms. The first-order chi connectivity index (χ1) is 7.69. The first kappa shape index (κ1) is 17.0. The summed E-state index contributed by atoms with van der Waals surface area (Å²) >= 11 is 0. The molecule has 0 N–H and O–H groups in total. The van der Waals surface area contributed by atoms with Crippen LogP contribution in [0.3, 0.4) is 0 Å². The van der Waals surface area contributed by atoms with Crippen LogP contribution in [0.4, 0.5) is 0 Å². The number of benzene rings is 2. The molecular formula is C14H15NaO3. The van der Waals surface area contributed by atoms with Crippen LogP contribution in [0.25, 0.3) is 10.8 Å². The van der Waals surface area contributed by atoms with E-state index >= 15 is 0 Å². The van der Waals surface area contributed by atoms with E-state index in [-0.39, 0.29) is 43.4 Å².